The van der Waals surface area contributed by atoms with Crippen LogP contribution in [-0.4, -0.2) is 142 Å². The van der Waals surface area contributed by atoms with E-state index in [2.05, 4.69) is 38.4 Å². The Morgan fingerprint density at radius 3 is 1.12 bits per heavy atom. The van der Waals surface area contributed by atoms with Crippen LogP contribution in [0.4, 0.5) is 0 Å². The van der Waals surface area contributed by atoms with E-state index in [1.165, 1.54) is 0 Å². The number of aliphatic carboxylic acids is 2. The number of quaternary nitrogens is 2. The summed E-state index contributed by atoms with van der Waals surface area (Å²) in [4.78, 5) is 25.5. The van der Waals surface area contributed by atoms with E-state index in [-0.39, 0.29) is 43.3 Å². The van der Waals surface area contributed by atoms with Crippen LogP contribution in [0.25, 0.3) is 0 Å². The largest absolute Gasteiger partial charge is 1.00 e. The molecule has 4 aromatic carbocycles. The number of carboxylic acid groups (broad SMARTS) is 2. The van der Waals surface area contributed by atoms with Gasteiger partial charge in [0, 0.05) is 41.5 Å². The van der Waals surface area contributed by atoms with E-state index in [0.29, 0.717) is 131 Å². The molecule has 0 radical (unpaired) electrons. The lowest BCUT2D eigenvalue weighted by molar-refractivity contribution is -0.936. The number of methoxy groups -OCH3 is 10. The minimum absolute atomic E-state index is 0. The van der Waals surface area contributed by atoms with Crippen molar-refractivity contribution in [2.45, 2.75) is 82.7 Å². The Bertz CT molecular complexity index is 2340. The maximum atomic E-state index is 14.0. The Morgan fingerprint density at radius 1 is 0.473 bits per heavy atom. The number of hydrogen-bond acceptors (Lipinski definition) is 12. The van der Waals surface area contributed by atoms with Crippen LogP contribution >= 0.6 is 0 Å². The standard InChI is InChI=1S/C56H76N2O14.2ClH/c1-57(26-19-36-28-42(63-3)44(65-5)34-40(36)51(57)38-30-46(67-7)53(71-11)47(31-38)68-8)24-16-22-56(55(61)62,21-15-13-14-18-50(59)60)23-17-25-58(2)27-20-37-29-43(64-4)45(66-6)35-41(37)52(58)39-32-48(69-9)54(72-12)49(33-39)70-10;;/h28-35,51-52H,13-27H2,1-12H3;2*1H/t51-,52-,57+,58+;;/m1../s1. The Morgan fingerprint density at radius 2 is 0.811 bits per heavy atom. The van der Waals surface area contributed by atoms with Crippen molar-refractivity contribution in [1.29, 1.82) is 0 Å². The normalized spacial score (nSPS) is 18.8. The van der Waals surface area contributed by atoms with Crippen LogP contribution in [0.5, 0.6) is 57.5 Å². The van der Waals surface area contributed by atoms with Crippen molar-refractivity contribution in [1.82, 2.24) is 0 Å². The number of nitrogens with zero attached hydrogens (tertiary/aromatic N) is 2. The van der Waals surface area contributed by atoms with Crippen molar-refractivity contribution < 1.29 is 101 Å². The summed E-state index contributed by atoms with van der Waals surface area (Å²) < 4.78 is 59.3. The molecule has 0 unspecified atom stereocenters. The van der Waals surface area contributed by atoms with Crippen LogP contribution in [-0.2, 0) is 22.4 Å². The SMILES string of the molecule is COc1cc2c(cc1OC)[C@@H](c1cc(OC)c(OC)c(OC)c1)[N@@+](C)(CCCC(CCCCCC(=O)O)(CCC[N@@+]1(C)CCc3cc(OC)c(OC)cc3[C@H]1c1cc(OC)c(OC)c(OC)c1)C(=O)O)CC2.[Cl-].[Cl-]. The molecule has 0 aliphatic carbocycles. The van der Waals surface area contributed by atoms with Crippen molar-refractivity contribution >= 4 is 11.9 Å². The number of likely N-dealkylation sites (N-methyl/N-ethyl adjacent to an activating group) is 2. The minimum atomic E-state index is -1.07. The smallest absolute Gasteiger partial charge is 0.309 e. The fourth-order valence-corrected chi connectivity index (χ4v) is 11.7. The van der Waals surface area contributed by atoms with Crippen LogP contribution in [0.2, 0.25) is 0 Å². The highest BCUT2D eigenvalue weighted by Crippen LogP contribution is 2.51. The lowest BCUT2D eigenvalue weighted by Gasteiger charge is -2.47. The first-order chi connectivity index (χ1) is 34.6. The number of carboxylic acids is 2. The zero-order valence-corrected chi connectivity index (χ0v) is 46.8. The third-order valence-corrected chi connectivity index (χ3v) is 15.6. The number of hydrogen-bond donors (Lipinski definition) is 2. The monoisotopic (exact) mass is 1070 g/mol. The van der Waals surface area contributed by atoms with Gasteiger partial charge in [0.15, 0.2) is 46.0 Å². The van der Waals surface area contributed by atoms with Crippen molar-refractivity contribution in [3.63, 3.8) is 0 Å². The van der Waals surface area contributed by atoms with Gasteiger partial charge in [-0.3, -0.25) is 9.59 Å². The fraction of sp³-hybridized carbons (Fsp3) is 0.536. The molecule has 6 rings (SSSR count). The van der Waals surface area contributed by atoms with Crippen LogP contribution in [0.15, 0.2) is 48.5 Å². The van der Waals surface area contributed by atoms with Gasteiger partial charge in [-0.1, -0.05) is 12.8 Å². The van der Waals surface area contributed by atoms with Gasteiger partial charge in [-0.25, -0.2) is 0 Å². The molecule has 2 N–H and O–H groups in total. The van der Waals surface area contributed by atoms with E-state index in [4.69, 9.17) is 47.4 Å². The van der Waals surface area contributed by atoms with E-state index >= 15 is 0 Å². The number of ether oxygens (including phenoxy) is 10. The molecule has 74 heavy (non-hydrogen) atoms. The molecule has 2 aliphatic rings. The van der Waals surface area contributed by atoms with Gasteiger partial charge in [0.25, 0.3) is 0 Å². The van der Waals surface area contributed by atoms with E-state index in [9.17, 15) is 19.8 Å². The van der Waals surface area contributed by atoms with E-state index in [1.807, 2.05) is 24.3 Å². The van der Waals surface area contributed by atoms with Crippen LogP contribution in [0.1, 0.15) is 103 Å². The zero-order chi connectivity index (χ0) is 52.4. The first kappa shape index (κ1) is 60.9. The van der Waals surface area contributed by atoms with Gasteiger partial charge in [-0.2, -0.15) is 0 Å². The molecule has 410 valence electrons. The second-order valence-electron chi connectivity index (χ2n) is 19.6. The quantitative estimate of drug-likeness (QED) is 0.0660. The zero-order valence-electron chi connectivity index (χ0n) is 45.3. The first-order valence-corrected chi connectivity index (χ1v) is 24.8. The summed E-state index contributed by atoms with van der Waals surface area (Å²) in [5.41, 5.74) is 5.29. The summed E-state index contributed by atoms with van der Waals surface area (Å²) >= 11 is 0. The second-order valence-corrected chi connectivity index (χ2v) is 19.6. The first-order valence-electron chi connectivity index (χ1n) is 24.8. The predicted molar refractivity (Wildman–Crippen MR) is 273 cm³/mol. The number of carbonyl (C=O) groups is 2. The highest BCUT2D eigenvalue weighted by molar-refractivity contribution is 5.74. The van der Waals surface area contributed by atoms with Gasteiger partial charge in [-0.15, -0.1) is 0 Å². The molecular weight excluding hydrogens is 996 g/mol. The average molecular weight is 1070 g/mol. The molecule has 4 aromatic rings. The topological polar surface area (TPSA) is 167 Å². The molecule has 0 saturated heterocycles. The molecule has 0 saturated carbocycles. The molecule has 4 atom stereocenters. The second kappa shape index (κ2) is 26.7. The van der Waals surface area contributed by atoms with Crippen molar-refractivity contribution in [3.05, 3.63) is 81.9 Å². The minimum Gasteiger partial charge on any atom is -1.00 e. The molecule has 0 bridgehead atoms. The molecule has 18 heteroatoms. The lowest BCUT2D eigenvalue weighted by Crippen LogP contribution is -3.00. The van der Waals surface area contributed by atoms with Gasteiger partial charge in [0.1, 0.15) is 12.1 Å². The fourth-order valence-electron chi connectivity index (χ4n) is 11.7. The van der Waals surface area contributed by atoms with Gasteiger partial charge in [0.2, 0.25) is 11.5 Å². The van der Waals surface area contributed by atoms with Gasteiger partial charge in [0.05, 0.1) is 117 Å². The van der Waals surface area contributed by atoms with Gasteiger partial charge >= 0.3 is 11.9 Å². The van der Waals surface area contributed by atoms with Crippen molar-refractivity contribution in [3.8, 4) is 57.5 Å². The number of unbranched alkanes of at least 4 members (excludes halogenated alkanes) is 2. The Kier molecular flexibility index (Phi) is 22.0. The predicted octanol–water partition coefficient (Wildman–Crippen LogP) is 3.33. The number of rotatable bonds is 27. The molecule has 0 fully saturated rings. The van der Waals surface area contributed by atoms with Crippen LogP contribution in [0.3, 0.4) is 0 Å². The molecule has 2 aliphatic heterocycles. The summed E-state index contributed by atoms with van der Waals surface area (Å²) in [6.45, 7) is 2.88. The molecule has 0 amide bonds. The molecule has 0 aromatic heterocycles. The Labute approximate surface area is 450 Å². The lowest BCUT2D eigenvalue weighted by atomic mass is 9.74. The molecule has 2 heterocycles. The van der Waals surface area contributed by atoms with Crippen LogP contribution < -0.4 is 72.2 Å². The summed E-state index contributed by atoms with van der Waals surface area (Å²) in [5, 5.41) is 20.9. The molecular formula is C56H78Cl2N2O14. The summed E-state index contributed by atoms with van der Waals surface area (Å²) in [6.07, 6.45) is 5.86. The molecule has 0 spiro atoms. The van der Waals surface area contributed by atoms with Gasteiger partial charge < -0.3 is 91.4 Å². The van der Waals surface area contributed by atoms with E-state index in [0.717, 1.165) is 59.3 Å². The Balaban J connectivity index is 0.00000593. The molecule has 16 nitrogen and oxygen atoms in total. The van der Waals surface area contributed by atoms with Crippen molar-refractivity contribution in [2.24, 2.45) is 5.41 Å². The maximum Gasteiger partial charge on any atom is 0.309 e. The summed E-state index contributed by atoms with van der Waals surface area (Å²) in [6, 6.07) is 15.9. The van der Waals surface area contributed by atoms with Crippen molar-refractivity contribution in [2.75, 3.05) is 111 Å². The third-order valence-electron chi connectivity index (χ3n) is 15.6. The number of halogens is 2. The van der Waals surface area contributed by atoms with Gasteiger partial charge in [-0.05, 0) is 98.2 Å². The Hall–Kier alpha value is -5.68. The third kappa shape index (κ3) is 12.7. The van der Waals surface area contributed by atoms with Crippen LogP contribution in [0, 0.1) is 5.41 Å². The summed E-state index contributed by atoms with van der Waals surface area (Å²) in [7, 11) is 20.7. The highest BCUT2D eigenvalue weighted by atomic mass is 35.5. The van der Waals surface area contributed by atoms with E-state index < -0.39 is 17.4 Å². The average Bonchev–Trinajstić information content (AvgIpc) is 3.38. The highest BCUT2D eigenvalue weighted by Gasteiger charge is 2.46. The van der Waals surface area contributed by atoms with E-state index in [1.54, 1.807) is 71.1 Å². The number of fused-ring (bicyclic) bond motifs is 2. The summed E-state index contributed by atoms with van der Waals surface area (Å²) in [5.74, 6) is 4.03. The number of benzene rings is 4. The maximum absolute atomic E-state index is 14.0.